The van der Waals surface area contributed by atoms with Crippen molar-refractivity contribution >= 4 is 0 Å². The van der Waals surface area contributed by atoms with E-state index < -0.39 is 12.3 Å². The van der Waals surface area contributed by atoms with Crippen LogP contribution in [-0.4, -0.2) is 15.2 Å². The lowest BCUT2D eigenvalue weighted by Gasteiger charge is -2.06. The summed E-state index contributed by atoms with van der Waals surface area (Å²) in [5.41, 5.74) is 2.89. The zero-order chi connectivity index (χ0) is 20.8. The van der Waals surface area contributed by atoms with Crippen LogP contribution in [-0.2, 0) is 6.61 Å². The lowest BCUT2D eigenvalue weighted by molar-refractivity contribution is 0.116. The van der Waals surface area contributed by atoms with Gasteiger partial charge in [-0.15, -0.1) is 10.2 Å². The van der Waals surface area contributed by atoms with E-state index in [2.05, 4.69) is 27.0 Å². The highest BCUT2D eigenvalue weighted by Gasteiger charge is 2.17. The van der Waals surface area contributed by atoms with Crippen molar-refractivity contribution in [1.82, 2.24) is 15.2 Å². The monoisotopic (exact) mass is 403 g/mol. The van der Waals surface area contributed by atoms with Crippen LogP contribution in [0.2, 0.25) is 0 Å². The van der Waals surface area contributed by atoms with Crippen molar-refractivity contribution in [3.8, 4) is 29.0 Å². The minimum absolute atomic E-state index is 0.00467. The molecule has 2 heterocycles. The van der Waals surface area contributed by atoms with E-state index in [0.29, 0.717) is 17.0 Å². The maximum atomic E-state index is 12.5. The average molecular weight is 403 g/mol. The Labute approximate surface area is 171 Å². The van der Waals surface area contributed by atoms with Gasteiger partial charge in [0.25, 0.3) is 5.89 Å². The van der Waals surface area contributed by atoms with E-state index in [1.165, 1.54) is 6.20 Å². The van der Waals surface area contributed by atoms with Crippen molar-refractivity contribution in [1.29, 1.82) is 0 Å². The summed E-state index contributed by atoms with van der Waals surface area (Å²) in [6, 6.07) is 20.6. The molecule has 5 nitrogen and oxygen atoms in total. The number of hydrogen-bond donors (Lipinski definition) is 0. The highest BCUT2D eigenvalue weighted by molar-refractivity contribution is 5.50. The lowest BCUT2D eigenvalue weighted by Crippen LogP contribution is -1.98. The molecular formula is C23H15F2N3O2. The van der Waals surface area contributed by atoms with Crippen molar-refractivity contribution in [3.05, 3.63) is 95.6 Å². The third kappa shape index (κ3) is 4.86. The minimum atomic E-state index is -2.81. The summed E-state index contributed by atoms with van der Waals surface area (Å²) in [6.07, 6.45) is -1.33. The van der Waals surface area contributed by atoms with Gasteiger partial charge in [-0.3, -0.25) is 4.98 Å². The van der Waals surface area contributed by atoms with Gasteiger partial charge in [0, 0.05) is 17.3 Å². The first kappa shape index (κ1) is 19.3. The Kier molecular flexibility index (Phi) is 5.76. The number of rotatable bonds is 5. The summed E-state index contributed by atoms with van der Waals surface area (Å²) in [5, 5.41) is 6.90. The van der Waals surface area contributed by atoms with E-state index in [1.54, 1.807) is 12.1 Å². The maximum absolute atomic E-state index is 12.5. The minimum Gasteiger partial charge on any atom is -0.487 e. The fourth-order valence-corrected chi connectivity index (χ4v) is 2.56. The van der Waals surface area contributed by atoms with E-state index in [1.807, 2.05) is 54.6 Å². The fraction of sp³-hybridized carbons (Fsp3) is 0.0870. The molecule has 30 heavy (non-hydrogen) atoms. The molecule has 2 aromatic carbocycles. The molecule has 7 heteroatoms. The van der Waals surface area contributed by atoms with Crippen molar-refractivity contribution in [2.24, 2.45) is 0 Å². The Morgan fingerprint density at radius 3 is 2.43 bits per heavy atom. The predicted octanol–water partition coefficient (Wildman–Crippen LogP) is 5.05. The molecule has 0 amide bonds. The second-order valence-electron chi connectivity index (χ2n) is 6.22. The van der Waals surface area contributed by atoms with E-state index in [4.69, 9.17) is 9.15 Å². The van der Waals surface area contributed by atoms with Gasteiger partial charge in [-0.05, 0) is 42.5 Å². The van der Waals surface area contributed by atoms with Crippen molar-refractivity contribution in [3.63, 3.8) is 0 Å². The van der Waals surface area contributed by atoms with Gasteiger partial charge in [-0.25, -0.2) is 0 Å². The van der Waals surface area contributed by atoms with Crippen LogP contribution in [0.5, 0.6) is 5.75 Å². The first-order valence-electron chi connectivity index (χ1n) is 9.04. The van der Waals surface area contributed by atoms with Gasteiger partial charge in [0.05, 0.1) is 11.3 Å². The van der Waals surface area contributed by atoms with Crippen LogP contribution in [0.4, 0.5) is 8.78 Å². The van der Waals surface area contributed by atoms with Crippen molar-refractivity contribution < 1.29 is 17.9 Å². The standard InChI is InChI=1S/C23H15F2N3O2/c24-21(25)23-28-27-22(30-23)18-11-12-19(26-14-18)15-29-20-8-4-7-17(13-20)10-9-16-5-2-1-3-6-16/h1-8,11-14,21H,15H2. The molecule has 0 atom stereocenters. The molecular weight excluding hydrogens is 388 g/mol. The Hall–Kier alpha value is -4.05. The van der Waals surface area contributed by atoms with E-state index in [0.717, 1.165) is 11.1 Å². The number of benzene rings is 2. The summed E-state index contributed by atoms with van der Waals surface area (Å²) in [6.45, 7) is 0.238. The molecule has 0 saturated carbocycles. The number of aromatic nitrogens is 3. The number of hydrogen-bond acceptors (Lipinski definition) is 5. The average Bonchev–Trinajstić information content (AvgIpc) is 3.28. The van der Waals surface area contributed by atoms with Crippen LogP contribution in [0.1, 0.15) is 29.1 Å². The maximum Gasteiger partial charge on any atom is 0.314 e. The van der Waals surface area contributed by atoms with Gasteiger partial charge < -0.3 is 9.15 Å². The number of halogens is 2. The first-order chi connectivity index (χ1) is 14.7. The number of nitrogens with zero attached hydrogens (tertiary/aromatic N) is 3. The highest BCUT2D eigenvalue weighted by Crippen LogP contribution is 2.23. The van der Waals surface area contributed by atoms with Crippen LogP contribution < -0.4 is 4.74 Å². The lowest BCUT2D eigenvalue weighted by atomic mass is 10.2. The molecule has 0 bridgehead atoms. The summed E-state index contributed by atoms with van der Waals surface area (Å²) in [7, 11) is 0. The van der Waals surface area contributed by atoms with Crippen LogP contribution in [0, 0.1) is 11.8 Å². The summed E-state index contributed by atoms with van der Waals surface area (Å²) >= 11 is 0. The SMILES string of the molecule is FC(F)c1nnc(-c2ccc(COc3cccc(C#Cc4ccccc4)c3)nc2)o1. The second-order valence-corrected chi connectivity index (χ2v) is 6.22. The molecule has 4 aromatic rings. The van der Waals surface area contributed by atoms with Crippen LogP contribution >= 0.6 is 0 Å². The van der Waals surface area contributed by atoms with Gasteiger partial charge in [0.15, 0.2) is 0 Å². The summed E-state index contributed by atoms with van der Waals surface area (Å²) < 4.78 is 35.8. The van der Waals surface area contributed by atoms with Crippen LogP contribution in [0.25, 0.3) is 11.5 Å². The zero-order valence-corrected chi connectivity index (χ0v) is 15.6. The van der Waals surface area contributed by atoms with E-state index in [9.17, 15) is 8.78 Å². The quantitative estimate of drug-likeness (QED) is 0.437. The van der Waals surface area contributed by atoms with Gasteiger partial charge >= 0.3 is 6.43 Å². The molecule has 0 fully saturated rings. The molecule has 0 radical (unpaired) electrons. The summed E-state index contributed by atoms with van der Waals surface area (Å²) in [4.78, 5) is 4.25. The van der Waals surface area contributed by atoms with Gasteiger partial charge in [0.2, 0.25) is 5.89 Å². The third-order valence-electron chi connectivity index (χ3n) is 4.04. The van der Waals surface area contributed by atoms with Gasteiger partial charge in [-0.2, -0.15) is 8.78 Å². The van der Waals surface area contributed by atoms with E-state index >= 15 is 0 Å². The van der Waals surface area contributed by atoms with Crippen molar-refractivity contribution in [2.45, 2.75) is 13.0 Å². The molecule has 0 spiro atoms. The smallest absolute Gasteiger partial charge is 0.314 e. The summed E-state index contributed by atoms with van der Waals surface area (Å²) in [5.74, 6) is 6.17. The highest BCUT2D eigenvalue weighted by atomic mass is 19.3. The predicted molar refractivity (Wildman–Crippen MR) is 106 cm³/mol. The Bertz CT molecular complexity index is 1180. The first-order valence-corrected chi connectivity index (χ1v) is 9.04. The third-order valence-corrected chi connectivity index (χ3v) is 4.04. The Morgan fingerprint density at radius 2 is 1.70 bits per heavy atom. The number of alkyl halides is 2. The van der Waals surface area contributed by atoms with Gasteiger partial charge in [0.1, 0.15) is 12.4 Å². The molecule has 0 N–H and O–H groups in total. The molecule has 0 unspecified atom stereocenters. The second kappa shape index (κ2) is 8.97. The van der Waals surface area contributed by atoms with Gasteiger partial charge in [-0.1, -0.05) is 36.1 Å². The molecule has 0 aliphatic heterocycles. The largest absolute Gasteiger partial charge is 0.487 e. The number of pyridine rings is 1. The fourth-order valence-electron chi connectivity index (χ4n) is 2.56. The zero-order valence-electron chi connectivity index (χ0n) is 15.6. The normalized spacial score (nSPS) is 10.5. The molecule has 0 aliphatic carbocycles. The molecule has 0 saturated heterocycles. The van der Waals surface area contributed by atoms with Crippen LogP contribution in [0.15, 0.2) is 77.3 Å². The number of ether oxygens (including phenoxy) is 1. The molecule has 2 aromatic heterocycles. The topological polar surface area (TPSA) is 61.0 Å². The molecule has 0 aliphatic rings. The Morgan fingerprint density at radius 1 is 0.900 bits per heavy atom. The van der Waals surface area contributed by atoms with Crippen molar-refractivity contribution in [2.75, 3.05) is 0 Å². The molecule has 4 rings (SSSR count). The molecule has 148 valence electrons. The Balaban J connectivity index is 1.39. The van der Waals surface area contributed by atoms with E-state index in [-0.39, 0.29) is 12.5 Å². The van der Waals surface area contributed by atoms with Crippen LogP contribution in [0.3, 0.4) is 0 Å².